The predicted octanol–water partition coefficient (Wildman–Crippen LogP) is 6.62. The Morgan fingerprint density at radius 3 is 2.60 bits per heavy atom. The number of hydrogen-bond donors (Lipinski definition) is 2. The van der Waals surface area contributed by atoms with Gasteiger partial charge in [-0.05, 0) is 53.9 Å². The van der Waals surface area contributed by atoms with E-state index in [2.05, 4.69) is 10.6 Å². The van der Waals surface area contributed by atoms with E-state index < -0.39 is 29.0 Å². The maximum atomic E-state index is 14.5. The van der Waals surface area contributed by atoms with E-state index in [4.69, 9.17) is 40.2 Å². The molecule has 1 spiro atoms. The first-order valence-electron chi connectivity index (χ1n) is 10.9. The highest BCUT2D eigenvalue weighted by Gasteiger charge is 2.61. The molecule has 0 radical (unpaired) electrons. The standard InChI is InChI=1S/C26H20Cl2F2N2O2S/c1-12-3-5-14(29)8-15(12)24-26(17-6-4-13(27)7-21(17)31-25(26)33)18(10-23(35)32-24)16-9-19(28)20(30)11-22(16)34-2/h3-9,11,18,24H,10H2,1-2H3,(H,31,33)(H,32,35). The van der Waals surface area contributed by atoms with Crippen molar-refractivity contribution in [2.24, 2.45) is 0 Å². The van der Waals surface area contributed by atoms with Crippen molar-refractivity contribution in [2.45, 2.75) is 30.7 Å². The van der Waals surface area contributed by atoms with Crippen LogP contribution in [0.15, 0.2) is 48.5 Å². The quantitative estimate of drug-likeness (QED) is 0.372. The highest BCUT2D eigenvalue weighted by molar-refractivity contribution is 7.80. The van der Waals surface area contributed by atoms with Gasteiger partial charge in [0.2, 0.25) is 5.91 Å². The topological polar surface area (TPSA) is 50.4 Å². The van der Waals surface area contributed by atoms with Gasteiger partial charge in [0.25, 0.3) is 0 Å². The van der Waals surface area contributed by atoms with Gasteiger partial charge in [0.15, 0.2) is 0 Å². The molecule has 0 saturated carbocycles. The van der Waals surface area contributed by atoms with Crippen LogP contribution in [0.5, 0.6) is 5.75 Å². The molecule has 3 atom stereocenters. The predicted molar refractivity (Wildman–Crippen MR) is 137 cm³/mol. The molecule has 9 heteroatoms. The Balaban J connectivity index is 1.86. The fourth-order valence-corrected chi connectivity index (χ4v) is 6.06. The number of rotatable bonds is 3. The molecule has 3 unspecified atom stereocenters. The van der Waals surface area contributed by atoms with Crippen molar-refractivity contribution in [3.05, 3.63) is 92.5 Å². The Kier molecular flexibility index (Phi) is 5.98. The lowest BCUT2D eigenvalue weighted by Crippen LogP contribution is -2.56. The number of amides is 1. The van der Waals surface area contributed by atoms with Crippen LogP contribution in [0.4, 0.5) is 14.5 Å². The van der Waals surface area contributed by atoms with Gasteiger partial charge in [-0.3, -0.25) is 4.79 Å². The van der Waals surface area contributed by atoms with E-state index in [-0.39, 0.29) is 23.1 Å². The molecule has 0 bridgehead atoms. The molecule has 1 fully saturated rings. The Morgan fingerprint density at radius 2 is 1.86 bits per heavy atom. The molecule has 0 aliphatic carbocycles. The number of methoxy groups -OCH3 is 1. The van der Waals surface area contributed by atoms with E-state index in [0.29, 0.717) is 32.4 Å². The number of anilines is 1. The molecule has 3 aromatic rings. The van der Waals surface area contributed by atoms with Crippen molar-refractivity contribution in [1.82, 2.24) is 5.32 Å². The summed E-state index contributed by atoms with van der Waals surface area (Å²) in [6.07, 6.45) is 0.258. The normalized spacial score (nSPS) is 23.1. The van der Waals surface area contributed by atoms with E-state index in [1.165, 1.54) is 31.4 Å². The molecular weight excluding hydrogens is 513 g/mol. The summed E-state index contributed by atoms with van der Waals surface area (Å²) in [5.41, 5.74) is 1.82. The van der Waals surface area contributed by atoms with Crippen molar-refractivity contribution in [3.8, 4) is 5.75 Å². The lowest BCUT2D eigenvalue weighted by atomic mass is 9.59. The van der Waals surface area contributed by atoms with Gasteiger partial charge < -0.3 is 15.4 Å². The summed E-state index contributed by atoms with van der Waals surface area (Å²) in [4.78, 5) is 14.5. The van der Waals surface area contributed by atoms with E-state index >= 15 is 0 Å². The SMILES string of the molecule is COc1cc(F)c(Cl)cc1C1CC(=S)NC(c2cc(F)ccc2C)C12C(=O)Nc1cc(Cl)ccc12. The number of thiocarbonyl (C=S) groups is 1. The number of halogens is 4. The fraction of sp³-hybridized carbons (Fsp3) is 0.231. The summed E-state index contributed by atoms with van der Waals surface area (Å²) >= 11 is 18.1. The smallest absolute Gasteiger partial charge is 0.238 e. The Morgan fingerprint density at radius 1 is 1.09 bits per heavy atom. The van der Waals surface area contributed by atoms with E-state index in [1.807, 2.05) is 6.92 Å². The number of ether oxygens (including phenoxy) is 1. The lowest BCUT2D eigenvalue weighted by molar-refractivity contribution is -0.123. The van der Waals surface area contributed by atoms with Crippen LogP contribution in [0.3, 0.4) is 0 Å². The Hall–Kier alpha value is -2.74. The fourth-order valence-electron chi connectivity index (χ4n) is 5.44. The number of piperidine rings is 1. The first-order chi connectivity index (χ1) is 16.7. The monoisotopic (exact) mass is 532 g/mol. The average molecular weight is 533 g/mol. The number of aryl methyl sites for hydroxylation is 1. The van der Waals surface area contributed by atoms with E-state index in [9.17, 15) is 13.6 Å². The van der Waals surface area contributed by atoms with Gasteiger partial charge in [-0.1, -0.05) is 47.6 Å². The number of benzene rings is 3. The molecule has 180 valence electrons. The summed E-state index contributed by atoms with van der Waals surface area (Å²) in [7, 11) is 1.43. The van der Waals surface area contributed by atoms with E-state index in [0.717, 1.165) is 5.56 Å². The van der Waals surface area contributed by atoms with Crippen molar-refractivity contribution in [3.63, 3.8) is 0 Å². The second-order valence-electron chi connectivity index (χ2n) is 8.78. The minimum Gasteiger partial charge on any atom is -0.496 e. The van der Waals surface area contributed by atoms with Crippen LogP contribution in [0.25, 0.3) is 0 Å². The first-order valence-corrected chi connectivity index (χ1v) is 12.0. The molecule has 0 aromatic heterocycles. The number of hydrogen-bond acceptors (Lipinski definition) is 3. The minimum absolute atomic E-state index is 0.103. The molecule has 1 saturated heterocycles. The molecular formula is C26H20Cl2F2N2O2S. The van der Waals surface area contributed by atoms with Gasteiger partial charge in [0.1, 0.15) is 22.8 Å². The van der Waals surface area contributed by atoms with Crippen LogP contribution in [-0.4, -0.2) is 18.0 Å². The maximum absolute atomic E-state index is 14.5. The number of nitrogens with one attached hydrogen (secondary N) is 2. The second-order valence-corrected chi connectivity index (χ2v) is 10.1. The summed E-state index contributed by atoms with van der Waals surface area (Å²) in [6, 6.07) is 11.6. The van der Waals surface area contributed by atoms with Crippen LogP contribution in [-0.2, 0) is 10.2 Å². The summed E-state index contributed by atoms with van der Waals surface area (Å²) in [5.74, 6) is -1.76. The zero-order valence-electron chi connectivity index (χ0n) is 18.7. The molecule has 2 heterocycles. The third-order valence-electron chi connectivity index (χ3n) is 6.95. The zero-order valence-corrected chi connectivity index (χ0v) is 21.0. The van der Waals surface area contributed by atoms with E-state index in [1.54, 1.807) is 24.3 Å². The third kappa shape index (κ3) is 3.68. The maximum Gasteiger partial charge on any atom is 0.238 e. The third-order valence-corrected chi connectivity index (χ3v) is 7.76. The van der Waals surface area contributed by atoms with Crippen molar-refractivity contribution < 1.29 is 18.3 Å². The van der Waals surface area contributed by atoms with Crippen LogP contribution in [0.2, 0.25) is 10.0 Å². The van der Waals surface area contributed by atoms with Gasteiger partial charge >= 0.3 is 0 Å². The molecule has 4 nitrogen and oxygen atoms in total. The number of fused-ring (bicyclic) bond motifs is 2. The van der Waals surface area contributed by atoms with Crippen LogP contribution in [0.1, 0.15) is 40.6 Å². The Bertz CT molecular complexity index is 1400. The summed E-state index contributed by atoms with van der Waals surface area (Å²) in [6.45, 7) is 1.85. The van der Waals surface area contributed by atoms with Gasteiger partial charge in [-0.2, -0.15) is 0 Å². The molecule has 5 rings (SSSR count). The van der Waals surface area contributed by atoms with Gasteiger partial charge in [-0.15, -0.1) is 0 Å². The minimum atomic E-state index is -1.30. The average Bonchev–Trinajstić information content (AvgIpc) is 3.09. The molecule has 1 amide bonds. The van der Waals surface area contributed by atoms with Gasteiger partial charge in [0, 0.05) is 34.7 Å². The van der Waals surface area contributed by atoms with Crippen molar-refractivity contribution in [1.29, 1.82) is 0 Å². The van der Waals surface area contributed by atoms with Crippen LogP contribution in [0, 0.1) is 18.6 Å². The Labute approximate surface area is 216 Å². The zero-order chi connectivity index (χ0) is 25.1. The highest BCUT2D eigenvalue weighted by atomic mass is 35.5. The highest BCUT2D eigenvalue weighted by Crippen LogP contribution is 2.59. The van der Waals surface area contributed by atoms with Crippen LogP contribution < -0.4 is 15.4 Å². The lowest BCUT2D eigenvalue weighted by Gasteiger charge is -2.48. The largest absolute Gasteiger partial charge is 0.496 e. The molecule has 3 aromatic carbocycles. The summed E-state index contributed by atoms with van der Waals surface area (Å²) < 4.78 is 34.4. The second kappa shape index (κ2) is 8.73. The number of carbonyl (C=O) groups excluding carboxylic acids is 1. The molecule has 2 aliphatic rings. The van der Waals surface area contributed by atoms with Gasteiger partial charge in [0.05, 0.1) is 23.2 Å². The first kappa shape index (κ1) is 24.0. The molecule has 2 N–H and O–H groups in total. The van der Waals surface area contributed by atoms with Crippen molar-refractivity contribution in [2.75, 3.05) is 12.4 Å². The van der Waals surface area contributed by atoms with Crippen LogP contribution >= 0.6 is 35.4 Å². The van der Waals surface area contributed by atoms with Gasteiger partial charge in [-0.25, -0.2) is 8.78 Å². The molecule has 35 heavy (non-hydrogen) atoms. The molecule has 2 aliphatic heterocycles. The summed E-state index contributed by atoms with van der Waals surface area (Å²) in [5, 5.41) is 6.62. The number of carbonyl (C=O) groups is 1. The van der Waals surface area contributed by atoms with Crippen molar-refractivity contribution >= 4 is 52.0 Å².